The number of likely N-dealkylation sites (tertiary alicyclic amines) is 1. The van der Waals surface area contributed by atoms with Gasteiger partial charge in [0.25, 0.3) is 0 Å². The van der Waals surface area contributed by atoms with Crippen molar-refractivity contribution in [3.63, 3.8) is 0 Å². The quantitative estimate of drug-likeness (QED) is 0.842. The smallest absolute Gasteiger partial charge is 0.224 e. The van der Waals surface area contributed by atoms with Crippen LogP contribution in [0.5, 0.6) is 0 Å². The van der Waals surface area contributed by atoms with Crippen LogP contribution in [-0.4, -0.2) is 36.2 Å². The Bertz CT molecular complexity index is 584. The van der Waals surface area contributed by atoms with E-state index in [1.165, 1.54) is 6.92 Å². The molecule has 1 N–H and O–H groups in total. The first-order valence-electron chi connectivity index (χ1n) is 7.18. The van der Waals surface area contributed by atoms with Crippen LogP contribution < -0.4 is 5.32 Å². The molecular weight excluding hydrogens is 266 g/mol. The maximum absolute atomic E-state index is 11.9. The van der Waals surface area contributed by atoms with Crippen molar-refractivity contribution in [3.8, 4) is 6.07 Å². The molecule has 1 amide bonds. The van der Waals surface area contributed by atoms with Crippen molar-refractivity contribution >= 4 is 17.4 Å². The van der Waals surface area contributed by atoms with Crippen LogP contribution in [0.4, 0.5) is 5.69 Å². The Hall–Kier alpha value is -2.35. The zero-order valence-electron chi connectivity index (χ0n) is 12.2. The number of carbonyl (C=O) groups excluding carboxylic acids is 2. The normalized spacial score (nSPS) is 13.8. The molecule has 0 aromatic heterocycles. The molecule has 0 atom stereocenters. The van der Waals surface area contributed by atoms with Crippen molar-refractivity contribution in [2.24, 2.45) is 0 Å². The summed E-state index contributed by atoms with van der Waals surface area (Å²) in [5.74, 6) is 0.0944. The van der Waals surface area contributed by atoms with E-state index in [1.807, 2.05) is 4.90 Å². The fourth-order valence-electron chi connectivity index (χ4n) is 2.44. The summed E-state index contributed by atoms with van der Waals surface area (Å²) in [4.78, 5) is 25.2. The molecule has 1 aromatic carbocycles. The molecule has 1 fully saturated rings. The average Bonchev–Trinajstić information content (AvgIpc) is 3.01. The molecule has 21 heavy (non-hydrogen) atoms. The summed E-state index contributed by atoms with van der Waals surface area (Å²) >= 11 is 0. The van der Waals surface area contributed by atoms with E-state index in [1.54, 1.807) is 18.2 Å². The summed E-state index contributed by atoms with van der Waals surface area (Å²) in [5.41, 5.74) is 1.65. The number of carbonyl (C=O) groups is 2. The largest absolute Gasteiger partial charge is 0.383 e. The second-order valence-electron chi connectivity index (χ2n) is 5.19. The van der Waals surface area contributed by atoms with Crippen LogP contribution in [0.2, 0.25) is 0 Å². The molecule has 5 heteroatoms. The maximum atomic E-state index is 11.9. The van der Waals surface area contributed by atoms with Crippen molar-refractivity contribution in [2.45, 2.75) is 26.2 Å². The highest BCUT2D eigenvalue weighted by atomic mass is 16.2. The third-order valence-electron chi connectivity index (χ3n) is 3.66. The summed E-state index contributed by atoms with van der Waals surface area (Å²) in [6.45, 7) is 3.65. The van der Waals surface area contributed by atoms with Crippen LogP contribution >= 0.6 is 0 Å². The lowest BCUT2D eigenvalue weighted by molar-refractivity contribution is -0.129. The lowest BCUT2D eigenvalue weighted by atomic mass is 10.1. The topological polar surface area (TPSA) is 73.2 Å². The molecule has 1 aliphatic rings. The monoisotopic (exact) mass is 285 g/mol. The van der Waals surface area contributed by atoms with Crippen LogP contribution in [-0.2, 0) is 4.79 Å². The van der Waals surface area contributed by atoms with E-state index in [9.17, 15) is 9.59 Å². The highest BCUT2D eigenvalue weighted by molar-refractivity contribution is 5.95. The van der Waals surface area contributed by atoms with Crippen LogP contribution in [0.25, 0.3) is 0 Å². The van der Waals surface area contributed by atoms with Crippen LogP contribution in [0.1, 0.15) is 42.1 Å². The first-order chi connectivity index (χ1) is 10.1. The molecule has 1 aliphatic heterocycles. The predicted molar refractivity (Wildman–Crippen MR) is 80.1 cm³/mol. The number of Topliss-reactive ketones (excluding diaryl/α,β-unsaturated/α-hetero) is 1. The molecule has 0 saturated carbocycles. The summed E-state index contributed by atoms with van der Waals surface area (Å²) < 4.78 is 0. The number of hydrogen-bond acceptors (Lipinski definition) is 4. The molecule has 0 radical (unpaired) electrons. The van der Waals surface area contributed by atoms with E-state index in [0.29, 0.717) is 29.8 Å². The second-order valence-corrected chi connectivity index (χ2v) is 5.19. The number of amides is 1. The minimum atomic E-state index is -0.0457. The average molecular weight is 285 g/mol. The van der Waals surface area contributed by atoms with Crippen molar-refractivity contribution in [2.75, 3.05) is 25.0 Å². The number of benzene rings is 1. The molecule has 5 nitrogen and oxygen atoms in total. The van der Waals surface area contributed by atoms with Crippen molar-refractivity contribution in [1.29, 1.82) is 5.26 Å². The summed E-state index contributed by atoms with van der Waals surface area (Å²) in [6, 6.07) is 7.02. The van der Waals surface area contributed by atoms with Gasteiger partial charge in [-0.2, -0.15) is 5.26 Å². The Balaban J connectivity index is 1.95. The van der Waals surface area contributed by atoms with Gasteiger partial charge in [-0.1, -0.05) is 0 Å². The molecule has 0 aliphatic carbocycles. The number of ketones is 1. The zero-order valence-corrected chi connectivity index (χ0v) is 12.2. The Morgan fingerprint density at radius 2 is 2.05 bits per heavy atom. The van der Waals surface area contributed by atoms with Gasteiger partial charge in [0.05, 0.1) is 11.3 Å². The zero-order chi connectivity index (χ0) is 15.2. The molecule has 0 bridgehead atoms. The molecular formula is C16H19N3O2. The second kappa shape index (κ2) is 6.89. The maximum Gasteiger partial charge on any atom is 0.224 e. The first-order valence-corrected chi connectivity index (χ1v) is 7.18. The number of nitrogens with zero attached hydrogens (tertiary/aromatic N) is 2. The summed E-state index contributed by atoms with van der Waals surface area (Å²) in [5, 5.41) is 12.2. The molecule has 2 rings (SSSR count). The number of nitriles is 1. The Morgan fingerprint density at radius 1 is 1.33 bits per heavy atom. The predicted octanol–water partition coefficient (Wildman–Crippen LogP) is 2.19. The third kappa shape index (κ3) is 3.82. The molecule has 1 aromatic rings. The number of nitrogens with one attached hydrogen (secondary N) is 1. The number of rotatable bonds is 5. The van der Waals surface area contributed by atoms with E-state index in [0.717, 1.165) is 25.9 Å². The van der Waals surface area contributed by atoms with Crippen LogP contribution in [0.3, 0.4) is 0 Å². The lowest BCUT2D eigenvalue weighted by Crippen LogP contribution is -2.29. The van der Waals surface area contributed by atoms with Crippen LogP contribution in [0, 0.1) is 11.3 Å². The van der Waals surface area contributed by atoms with Gasteiger partial charge in [-0.3, -0.25) is 9.59 Å². The van der Waals surface area contributed by atoms with E-state index in [2.05, 4.69) is 11.4 Å². The van der Waals surface area contributed by atoms with Gasteiger partial charge in [-0.05, 0) is 38.0 Å². The van der Waals surface area contributed by atoms with E-state index in [-0.39, 0.29) is 11.7 Å². The molecule has 110 valence electrons. The number of hydrogen-bond donors (Lipinski definition) is 1. The van der Waals surface area contributed by atoms with Crippen LogP contribution in [0.15, 0.2) is 18.2 Å². The Kier molecular flexibility index (Phi) is 4.94. The summed E-state index contributed by atoms with van der Waals surface area (Å²) in [6.07, 6.45) is 2.56. The van der Waals surface area contributed by atoms with Gasteiger partial charge in [-0.25, -0.2) is 0 Å². The van der Waals surface area contributed by atoms with Gasteiger partial charge >= 0.3 is 0 Å². The van der Waals surface area contributed by atoms with Crippen molar-refractivity contribution in [1.82, 2.24) is 4.90 Å². The lowest BCUT2D eigenvalue weighted by Gasteiger charge is -2.16. The standard InChI is InChI=1S/C16H19N3O2/c1-12(20)13-4-5-14(11-17)15(10-13)18-7-6-16(21)19-8-2-3-9-19/h4-5,10,18H,2-3,6-9H2,1H3. The van der Waals surface area contributed by atoms with Crippen molar-refractivity contribution < 1.29 is 9.59 Å². The van der Waals surface area contributed by atoms with E-state index < -0.39 is 0 Å². The minimum absolute atomic E-state index is 0.0457. The fourth-order valence-corrected chi connectivity index (χ4v) is 2.44. The summed E-state index contributed by atoms with van der Waals surface area (Å²) in [7, 11) is 0. The highest BCUT2D eigenvalue weighted by Gasteiger charge is 2.17. The first kappa shape index (κ1) is 15.0. The molecule has 0 spiro atoms. The third-order valence-corrected chi connectivity index (χ3v) is 3.66. The van der Waals surface area contributed by atoms with E-state index >= 15 is 0 Å². The molecule has 0 unspecified atom stereocenters. The molecule has 1 heterocycles. The Labute approximate surface area is 124 Å². The van der Waals surface area contributed by atoms with Gasteiger partial charge in [0.15, 0.2) is 5.78 Å². The van der Waals surface area contributed by atoms with Crippen molar-refractivity contribution in [3.05, 3.63) is 29.3 Å². The van der Waals surface area contributed by atoms with Gasteiger partial charge < -0.3 is 10.2 Å². The Morgan fingerprint density at radius 3 is 2.67 bits per heavy atom. The van der Waals surface area contributed by atoms with Gasteiger partial charge in [-0.15, -0.1) is 0 Å². The number of anilines is 1. The molecule has 1 saturated heterocycles. The van der Waals surface area contributed by atoms with Gasteiger partial charge in [0.2, 0.25) is 5.91 Å². The van der Waals surface area contributed by atoms with Gasteiger partial charge in [0.1, 0.15) is 6.07 Å². The fraction of sp³-hybridized carbons (Fsp3) is 0.438. The highest BCUT2D eigenvalue weighted by Crippen LogP contribution is 2.18. The minimum Gasteiger partial charge on any atom is -0.383 e. The van der Waals surface area contributed by atoms with Gasteiger partial charge in [0, 0.05) is 31.6 Å². The SMILES string of the molecule is CC(=O)c1ccc(C#N)c(NCCC(=O)N2CCCC2)c1. The van der Waals surface area contributed by atoms with E-state index in [4.69, 9.17) is 5.26 Å².